The number of halogens is 5. The number of carboxylic acid groups (broad SMARTS) is 1. The summed E-state index contributed by atoms with van der Waals surface area (Å²) in [6.07, 6.45) is -2.92. The van der Waals surface area contributed by atoms with Gasteiger partial charge in [-0.2, -0.15) is 27.1 Å². The number of pyridine rings is 1. The zero-order valence-electron chi connectivity index (χ0n) is 25.9. The number of aromatic carboxylic acids is 1. The Balaban J connectivity index is 0.000000254. The van der Waals surface area contributed by atoms with Gasteiger partial charge in [0.2, 0.25) is 5.88 Å². The van der Waals surface area contributed by atoms with Gasteiger partial charge in [-0.25, -0.2) is 22.9 Å². The number of aromatic nitrogens is 3. The number of ether oxygens (including phenoxy) is 1. The number of hydrogen-bond donors (Lipinski definition) is 2. The normalized spacial score (nSPS) is 19.3. The van der Waals surface area contributed by atoms with Crippen molar-refractivity contribution in [1.29, 1.82) is 0 Å². The average molecular weight is 681 g/mol. The van der Waals surface area contributed by atoms with Crippen LogP contribution in [0.25, 0.3) is 0 Å². The van der Waals surface area contributed by atoms with Crippen molar-refractivity contribution in [2.24, 2.45) is 23.1 Å². The summed E-state index contributed by atoms with van der Waals surface area (Å²) in [5.74, 6) is -3.32. The van der Waals surface area contributed by atoms with Crippen LogP contribution in [-0.2, 0) is 44.9 Å². The Morgan fingerprint density at radius 3 is 2.33 bits per heavy atom. The summed E-state index contributed by atoms with van der Waals surface area (Å²) >= 11 is 0. The summed E-state index contributed by atoms with van der Waals surface area (Å²) in [6.45, 7) is 7.08. The minimum atomic E-state index is -5.06. The van der Waals surface area contributed by atoms with E-state index in [2.05, 4.69) is 30.3 Å². The smallest absolute Gasteiger partial charge is 0.435 e. The highest BCUT2D eigenvalue weighted by Crippen LogP contribution is 2.38. The number of aliphatic imine (C=N–C) groups is 1. The number of rotatable bonds is 8. The Morgan fingerprint density at radius 1 is 1.24 bits per heavy atom. The quantitative estimate of drug-likeness (QED) is 0.389. The van der Waals surface area contributed by atoms with Crippen molar-refractivity contribution in [3.63, 3.8) is 0 Å². The maximum Gasteiger partial charge on any atom is 0.435 e. The van der Waals surface area contributed by atoms with Crippen LogP contribution in [0.5, 0.6) is 5.88 Å². The molecule has 254 valence electrons. The maximum absolute atomic E-state index is 13.1. The summed E-state index contributed by atoms with van der Waals surface area (Å²) in [5, 5.41) is 18.0. The van der Waals surface area contributed by atoms with Gasteiger partial charge in [-0.15, -0.1) is 0 Å². The van der Waals surface area contributed by atoms with E-state index >= 15 is 0 Å². The van der Waals surface area contributed by atoms with E-state index in [1.807, 2.05) is 20.8 Å². The van der Waals surface area contributed by atoms with E-state index in [0.29, 0.717) is 11.1 Å². The van der Waals surface area contributed by atoms with Gasteiger partial charge in [0.15, 0.2) is 26.4 Å². The van der Waals surface area contributed by atoms with Crippen molar-refractivity contribution in [3.8, 4) is 5.88 Å². The summed E-state index contributed by atoms with van der Waals surface area (Å²) in [7, 11) is -3.43. The fourth-order valence-corrected chi connectivity index (χ4v) is 5.81. The fourth-order valence-electron chi connectivity index (χ4n) is 4.29. The molecule has 2 aliphatic rings. The molecule has 2 aromatic heterocycles. The average Bonchev–Trinajstić information content (AvgIpc) is 3.57. The number of nitrogens with one attached hydrogen (secondary N) is 1. The molecular formula is C27H33F5N6O7S. The number of amides is 1. The highest BCUT2D eigenvalue weighted by atomic mass is 32.2. The first kappa shape index (κ1) is 36.3. The number of carboxylic acids is 1. The van der Waals surface area contributed by atoms with Gasteiger partial charge in [0.05, 0.1) is 16.9 Å². The van der Waals surface area contributed by atoms with Crippen LogP contribution in [0.3, 0.4) is 0 Å². The first-order chi connectivity index (χ1) is 21.0. The second kappa shape index (κ2) is 12.9. The lowest BCUT2D eigenvalue weighted by Gasteiger charge is -2.21. The number of hydrogen-bond acceptors (Lipinski definition) is 10. The van der Waals surface area contributed by atoms with E-state index < -0.39 is 67.7 Å². The van der Waals surface area contributed by atoms with Gasteiger partial charge in [-0.05, 0) is 44.7 Å². The largest absolute Gasteiger partial charge is 0.478 e. The van der Waals surface area contributed by atoms with Crippen LogP contribution in [0.1, 0.15) is 80.8 Å². The second-order valence-electron chi connectivity index (χ2n) is 11.5. The van der Waals surface area contributed by atoms with Crippen molar-refractivity contribution < 1.29 is 54.6 Å². The molecule has 0 saturated carbocycles. The SMILES string of the molecule is CCc1cnc(C2=NC(C)(C(C)C)C(=O)N2)c(C(=O)O)c1.Cn1nc(C(F)(F)F)c(CS(=O)(=O)C2=NOC(C)(C)C2)c1OC(F)F. The van der Waals surface area contributed by atoms with E-state index in [1.54, 1.807) is 19.2 Å². The van der Waals surface area contributed by atoms with Gasteiger partial charge in [-0.3, -0.25) is 9.78 Å². The Hall–Kier alpha value is -4.16. The Bertz CT molecular complexity index is 1690. The highest BCUT2D eigenvalue weighted by Gasteiger charge is 2.44. The van der Waals surface area contributed by atoms with Crippen molar-refractivity contribution in [2.75, 3.05) is 0 Å². The number of carbonyl (C=O) groups excluding carboxylic acids is 1. The molecule has 2 aliphatic heterocycles. The topological polar surface area (TPSA) is 174 Å². The van der Waals surface area contributed by atoms with Gasteiger partial charge in [0.25, 0.3) is 5.91 Å². The molecule has 0 fully saturated rings. The van der Waals surface area contributed by atoms with Crippen molar-refractivity contribution in [2.45, 2.75) is 84.1 Å². The Kier molecular flexibility index (Phi) is 10.2. The first-order valence-corrected chi connectivity index (χ1v) is 15.4. The molecular weight excluding hydrogens is 647 g/mol. The monoisotopic (exact) mass is 680 g/mol. The number of nitrogens with zero attached hydrogens (tertiary/aromatic N) is 5. The lowest BCUT2D eigenvalue weighted by molar-refractivity contribution is -0.142. The summed E-state index contributed by atoms with van der Waals surface area (Å²) < 4.78 is 93.4. The summed E-state index contributed by atoms with van der Waals surface area (Å²) in [6, 6.07) is 1.57. The van der Waals surface area contributed by atoms with E-state index in [9.17, 15) is 45.1 Å². The number of sulfone groups is 1. The predicted molar refractivity (Wildman–Crippen MR) is 153 cm³/mol. The fraction of sp³-hybridized carbons (Fsp3) is 0.556. The van der Waals surface area contributed by atoms with Crippen LogP contribution in [0.2, 0.25) is 0 Å². The zero-order valence-corrected chi connectivity index (χ0v) is 26.7. The summed E-state index contributed by atoms with van der Waals surface area (Å²) in [4.78, 5) is 37.0. The molecule has 0 spiro atoms. The predicted octanol–water partition coefficient (Wildman–Crippen LogP) is 4.10. The Morgan fingerprint density at radius 2 is 1.87 bits per heavy atom. The van der Waals surface area contributed by atoms with Crippen LogP contribution >= 0.6 is 0 Å². The van der Waals surface area contributed by atoms with Crippen molar-refractivity contribution in [1.82, 2.24) is 20.1 Å². The molecule has 13 nitrogen and oxygen atoms in total. The van der Waals surface area contributed by atoms with Crippen LogP contribution in [0.4, 0.5) is 22.0 Å². The van der Waals surface area contributed by atoms with Crippen molar-refractivity contribution in [3.05, 3.63) is 40.3 Å². The van der Waals surface area contributed by atoms with E-state index in [4.69, 9.17) is 4.84 Å². The first-order valence-electron chi connectivity index (χ1n) is 13.7. The van der Waals surface area contributed by atoms with Gasteiger partial charge < -0.3 is 20.0 Å². The molecule has 46 heavy (non-hydrogen) atoms. The molecule has 19 heteroatoms. The molecule has 0 bridgehead atoms. The molecule has 1 atom stereocenters. The van der Waals surface area contributed by atoms with E-state index in [1.165, 1.54) is 13.8 Å². The standard InChI is InChI=1S/C15H19N3O3.C12H14F5N3O4S/c1-5-9-6-10(13(19)20)11(16-7-9)12-17-14(21)15(4,18-12)8(2)3;1-11(2)4-7(19-24-11)25(21,22)5-6-8(12(15,16)17)18-20(3)9(6)23-10(13)14/h6-8H,5H2,1-4H3,(H,19,20)(H,17,18,21);10H,4-5H2,1-3H3. The molecule has 0 saturated heterocycles. The second-order valence-corrected chi connectivity index (χ2v) is 13.5. The van der Waals surface area contributed by atoms with Gasteiger partial charge in [-0.1, -0.05) is 25.9 Å². The van der Waals surface area contributed by atoms with E-state index in [-0.39, 0.29) is 35.3 Å². The number of aryl methyl sites for hydroxylation is 2. The number of amidine groups is 1. The third kappa shape index (κ3) is 7.79. The lowest BCUT2D eigenvalue weighted by Crippen LogP contribution is -2.41. The number of carbonyl (C=O) groups is 2. The molecule has 0 aromatic carbocycles. The van der Waals surface area contributed by atoms with E-state index in [0.717, 1.165) is 12.6 Å². The van der Waals surface area contributed by atoms with Crippen LogP contribution in [-0.4, -0.2) is 68.8 Å². The molecule has 4 rings (SSSR count). The van der Waals surface area contributed by atoms with Crippen LogP contribution < -0.4 is 10.1 Å². The van der Waals surface area contributed by atoms with Crippen LogP contribution in [0, 0.1) is 5.92 Å². The lowest BCUT2D eigenvalue weighted by atomic mass is 9.89. The third-order valence-corrected chi connectivity index (χ3v) is 8.79. The zero-order chi connectivity index (χ0) is 35.0. The molecule has 2 N–H and O–H groups in total. The number of oxime groups is 1. The van der Waals surface area contributed by atoms with Crippen LogP contribution in [0.15, 0.2) is 22.4 Å². The van der Waals surface area contributed by atoms with Gasteiger partial charge in [0, 0.05) is 19.7 Å². The van der Waals surface area contributed by atoms with Gasteiger partial charge >= 0.3 is 18.8 Å². The summed E-state index contributed by atoms with van der Waals surface area (Å²) in [5.41, 5.74) is -3.37. The maximum atomic E-state index is 13.1. The number of alkyl halides is 5. The minimum absolute atomic E-state index is 0.00167. The molecule has 0 aliphatic carbocycles. The molecule has 2 aromatic rings. The third-order valence-electron chi connectivity index (χ3n) is 7.19. The molecule has 0 radical (unpaired) electrons. The van der Waals surface area contributed by atoms with Crippen molar-refractivity contribution >= 4 is 32.6 Å². The van der Waals surface area contributed by atoms with Gasteiger partial charge in [0.1, 0.15) is 16.8 Å². The molecule has 1 amide bonds. The Labute approximate surface area is 260 Å². The minimum Gasteiger partial charge on any atom is -0.478 e. The molecule has 4 heterocycles. The molecule has 1 unspecified atom stereocenters. The highest BCUT2D eigenvalue weighted by molar-refractivity contribution is 8.05.